The van der Waals surface area contributed by atoms with Crippen molar-refractivity contribution in [1.29, 1.82) is 0 Å². The van der Waals surface area contributed by atoms with Crippen LogP contribution >= 0.6 is 11.8 Å². The fraction of sp³-hybridized carbons (Fsp3) is 0.333. The highest BCUT2D eigenvalue weighted by atomic mass is 32.2. The molecule has 0 aliphatic rings. The molecule has 0 aliphatic carbocycles. The van der Waals surface area contributed by atoms with Gasteiger partial charge in [-0.05, 0) is 31.2 Å². The van der Waals surface area contributed by atoms with Crippen molar-refractivity contribution in [1.82, 2.24) is 5.32 Å². The van der Waals surface area contributed by atoms with Crippen LogP contribution in [-0.4, -0.2) is 19.9 Å². The third kappa shape index (κ3) is 4.26. The molecule has 1 N–H and O–H groups in total. The molecule has 0 bridgehead atoms. The average molecular weight is 301 g/mol. The first-order valence-corrected chi connectivity index (χ1v) is 8.34. The number of nitrogens with one attached hydrogen (secondary N) is 1. The van der Waals surface area contributed by atoms with Crippen LogP contribution in [-0.2, 0) is 5.75 Å². The van der Waals surface area contributed by atoms with Crippen LogP contribution in [0, 0.1) is 6.92 Å². The molecule has 0 saturated carbocycles. The zero-order valence-corrected chi connectivity index (χ0v) is 13.7. The molecule has 0 aliphatic heterocycles. The van der Waals surface area contributed by atoms with Gasteiger partial charge in [0, 0.05) is 23.1 Å². The molecule has 0 aromatic heterocycles. The summed E-state index contributed by atoms with van der Waals surface area (Å²) in [5.41, 5.74) is 4.00. The van der Waals surface area contributed by atoms with Crippen molar-refractivity contribution in [2.45, 2.75) is 18.7 Å². The number of thioether (sulfide) groups is 1. The highest BCUT2D eigenvalue weighted by Crippen LogP contribution is 2.28. The summed E-state index contributed by atoms with van der Waals surface area (Å²) in [6, 6.07) is 17.1. The predicted molar refractivity (Wildman–Crippen MR) is 92.1 cm³/mol. The monoisotopic (exact) mass is 301 g/mol. The minimum atomic E-state index is 0.301. The number of hydrogen-bond acceptors (Lipinski definition) is 3. The first kappa shape index (κ1) is 15.9. The van der Waals surface area contributed by atoms with Crippen molar-refractivity contribution < 1.29 is 4.74 Å². The third-order valence-corrected chi connectivity index (χ3v) is 4.75. The van der Waals surface area contributed by atoms with E-state index in [4.69, 9.17) is 4.74 Å². The molecular weight excluding hydrogens is 278 g/mol. The summed E-state index contributed by atoms with van der Waals surface area (Å²) in [5, 5.41) is 3.39. The van der Waals surface area contributed by atoms with Crippen LogP contribution in [0.25, 0.3) is 0 Å². The SMILES string of the molecule is CNC(CSCc1ccccc1C)c1ccccc1OC. The van der Waals surface area contributed by atoms with Crippen molar-refractivity contribution in [3.8, 4) is 5.75 Å². The number of rotatable bonds is 7. The lowest BCUT2D eigenvalue weighted by Gasteiger charge is -2.19. The molecule has 0 heterocycles. The molecule has 1 atom stereocenters. The highest BCUT2D eigenvalue weighted by Gasteiger charge is 2.14. The molecule has 3 heteroatoms. The van der Waals surface area contributed by atoms with Crippen LogP contribution in [0.4, 0.5) is 0 Å². The molecule has 0 spiro atoms. The zero-order valence-electron chi connectivity index (χ0n) is 12.9. The highest BCUT2D eigenvalue weighted by molar-refractivity contribution is 7.98. The molecule has 112 valence electrons. The van der Waals surface area contributed by atoms with E-state index in [0.717, 1.165) is 17.3 Å². The van der Waals surface area contributed by atoms with Gasteiger partial charge in [0.25, 0.3) is 0 Å². The maximum atomic E-state index is 5.46. The maximum absolute atomic E-state index is 5.46. The Bertz CT molecular complexity index is 571. The molecule has 1 unspecified atom stereocenters. The first-order chi connectivity index (χ1) is 10.3. The molecule has 2 aromatic rings. The summed E-state index contributed by atoms with van der Waals surface area (Å²) in [6.07, 6.45) is 0. The van der Waals surface area contributed by atoms with Crippen LogP contribution in [0.3, 0.4) is 0 Å². The summed E-state index contributed by atoms with van der Waals surface area (Å²) < 4.78 is 5.46. The summed E-state index contributed by atoms with van der Waals surface area (Å²) in [7, 11) is 3.73. The molecule has 2 aromatic carbocycles. The second kappa shape index (κ2) is 8.11. The fourth-order valence-electron chi connectivity index (χ4n) is 2.34. The molecule has 0 radical (unpaired) electrons. The summed E-state index contributed by atoms with van der Waals surface area (Å²) in [6.45, 7) is 2.17. The van der Waals surface area contributed by atoms with Gasteiger partial charge in [0.15, 0.2) is 0 Å². The van der Waals surface area contributed by atoms with Crippen LogP contribution in [0.15, 0.2) is 48.5 Å². The Kier molecular flexibility index (Phi) is 6.15. The quantitative estimate of drug-likeness (QED) is 0.828. The van der Waals surface area contributed by atoms with Crippen molar-refractivity contribution >= 4 is 11.8 Å². The predicted octanol–water partition coefficient (Wildman–Crippen LogP) is 4.20. The lowest BCUT2D eigenvalue weighted by molar-refractivity contribution is 0.404. The number of benzene rings is 2. The average Bonchev–Trinajstić information content (AvgIpc) is 2.53. The van der Waals surface area contributed by atoms with Gasteiger partial charge in [-0.3, -0.25) is 0 Å². The second-order valence-corrected chi connectivity index (χ2v) is 6.06. The molecule has 0 fully saturated rings. The van der Waals surface area contributed by atoms with Crippen LogP contribution in [0.1, 0.15) is 22.7 Å². The van der Waals surface area contributed by atoms with E-state index in [2.05, 4.69) is 48.6 Å². The van der Waals surface area contributed by atoms with E-state index in [9.17, 15) is 0 Å². The smallest absolute Gasteiger partial charge is 0.123 e. The van der Waals surface area contributed by atoms with Crippen LogP contribution in [0.2, 0.25) is 0 Å². The Morgan fingerprint density at radius 1 is 1.10 bits per heavy atom. The number of para-hydroxylation sites is 1. The Labute approximate surface area is 131 Å². The van der Waals surface area contributed by atoms with Gasteiger partial charge in [0.05, 0.1) is 7.11 Å². The van der Waals surface area contributed by atoms with Crippen molar-refractivity contribution in [3.63, 3.8) is 0 Å². The van der Waals surface area contributed by atoms with E-state index in [0.29, 0.717) is 6.04 Å². The first-order valence-electron chi connectivity index (χ1n) is 7.18. The van der Waals surface area contributed by atoms with Gasteiger partial charge in [-0.1, -0.05) is 42.5 Å². The Morgan fingerprint density at radius 2 is 1.81 bits per heavy atom. The van der Waals surface area contributed by atoms with Gasteiger partial charge in [-0.15, -0.1) is 0 Å². The molecular formula is C18H23NOS. The third-order valence-electron chi connectivity index (χ3n) is 3.67. The number of hydrogen-bond donors (Lipinski definition) is 1. The van der Waals surface area contributed by atoms with E-state index < -0.39 is 0 Å². The van der Waals surface area contributed by atoms with Crippen molar-refractivity contribution in [2.75, 3.05) is 19.9 Å². The van der Waals surface area contributed by atoms with Crippen LogP contribution < -0.4 is 10.1 Å². The van der Waals surface area contributed by atoms with Gasteiger partial charge in [-0.2, -0.15) is 11.8 Å². The van der Waals surface area contributed by atoms with E-state index in [1.807, 2.05) is 30.9 Å². The lowest BCUT2D eigenvalue weighted by Crippen LogP contribution is -2.19. The van der Waals surface area contributed by atoms with Gasteiger partial charge in [-0.25, -0.2) is 0 Å². The van der Waals surface area contributed by atoms with Gasteiger partial charge < -0.3 is 10.1 Å². The minimum absolute atomic E-state index is 0.301. The minimum Gasteiger partial charge on any atom is -0.496 e. The largest absolute Gasteiger partial charge is 0.496 e. The zero-order chi connectivity index (χ0) is 15.1. The van der Waals surface area contributed by atoms with Gasteiger partial charge >= 0.3 is 0 Å². The summed E-state index contributed by atoms with van der Waals surface area (Å²) in [4.78, 5) is 0. The molecule has 2 nitrogen and oxygen atoms in total. The number of methoxy groups -OCH3 is 1. The van der Waals surface area contributed by atoms with E-state index in [1.165, 1.54) is 16.7 Å². The molecule has 21 heavy (non-hydrogen) atoms. The second-order valence-electron chi connectivity index (χ2n) is 5.02. The molecule has 0 saturated heterocycles. The number of aryl methyl sites for hydroxylation is 1. The topological polar surface area (TPSA) is 21.3 Å². The van der Waals surface area contributed by atoms with Crippen molar-refractivity contribution in [3.05, 3.63) is 65.2 Å². The lowest BCUT2D eigenvalue weighted by atomic mass is 10.1. The summed E-state index contributed by atoms with van der Waals surface area (Å²) in [5.74, 6) is 3.01. The Balaban J connectivity index is 1.98. The fourth-order valence-corrected chi connectivity index (χ4v) is 3.59. The Morgan fingerprint density at radius 3 is 2.52 bits per heavy atom. The summed E-state index contributed by atoms with van der Waals surface area (Å²) >= 11 is 1.95. The van der Waals surface area contributed by atoms with E-state index in [-0.39, 0.29) is 0 Å². The van der Waals surface area contributed by atoms with Crippen LogP contribution in [0.5, 0.6) is 5.75 Å². The molecule has 0 amide bonds. The van der Waals surface area contributed by atoms with E-state index in [1.54, 1.807) is 7.11 Å². The van der Waals surface area contributed by atoms with Gasteiger partial charge in [0.1, 0.15) is 5.75 Å². The normalized spacial score (nSPS) is 12.1. The molecule has 2 rings (SSSR count). The Hall–Kier alpha value is -1.45. The maximum Gasteiger partial charge on any atom is 0.123 e. The van der Waals surface area contributed by atoms with E-state index >= 15 is 0 Å². The van der Waals surface area contributed by atoms with Crippen molar-refractivity contribution in [2.24, 2.45) is 0 Å². The number of ether oxygens (including phenoxy) is 1. The standard InChI is InChI=1S/C18H23NOS/c1-14-8-4-5-9-15(14)12-21-13-17(19-2)16-10-6-7-11-18(16)20-3/h4-11,17,19H,12-13H2,1-3H3. The van der Waals surface area contributed by atoms with Gasteiger partial charge in [0.2, 0.25) is 0 Å².